The van der Waals surface area contributed by atoms with E-state index in [2.05, 4.69) is 45.6 Å². The molecule has 0 aromatic rings. The van der Waals surface area contributed by atoms with Crippen LogP contribution in [0.3, 0.4) is 0 Å². The molecule has 0 amide bonds. The predicted octanol–water partition coefficient (Wildman–Crippen LogP) is 3.40. The number of rotatable bonds is 0. The van der Waals surface area contributed by atoms with Crippen LogP contribution in [0.4, 0.5) is 0 Å². The highest BCUT2D eigenvalue weighted by Crippen LogP contribution is 2.32. The van der Waals surface area contributed by atoms with Crippen LogP contribution in [0.15, 0.2) is 17.9 Å². The molecule has 0 aromatic heterocycles. The van der Waals surface area contributed by atoms with Crippen molar-refractivity contribution < 1.29 is 0 Å². The fourth-order valence-electron chi connectivity index (χ4n) is 1.66. The van der Waals surface area contributed by atoms with Crippen LogP contribution in [-0.4, -0.2) is 0 Å². The fraction of sp³-hybridized carbons (Fsp3) is 0.727. The van der Waals surface area contributed by atoms with Gasteiger partial charge in [-0.15, -0.1) is 5.73 Å². The lowest BCUT2D eigenvalue weighted by atomic mass is 9.81. The van der Waals surface area contributed by atoms with Gasteiger partial charge in [0.2, 0.25) is 0 Å². The van der Waals surface area contributed by atoms with Gasteiger partial charge in [0.25, 0.3) is 0 Å². The van der Waals surface area contributed by atoms with Crippen molar-refractivity contribution >= 4 is 0 Å². The quantitative estimate of drug-likeness (QED) is 0.464. The Morgan fingerprint density at radius 2 is 2.00 bits per heavy atom. The molecule has 62 valence electrons. The van der Waals surface area contributed by atoms with E-state index in [1.54, 1.807) is 0 Å². The summed E-state index contributed by atoms with van der Waals surface area (Å²) >= 11 is 0. The highest BCUT2D eigenvalue weighted by atomic mass is 14.3. The minimum absolute atomic E-state index is 0.348. The van der Waals surface area contributed by atoms with Crippen molar-refractivity contribution in [3.05, 3.63) is 17.9 Å². The van der Waals surface area contributed by atoms with E-state index in [4.69, 9.17) is 0 Å². The Morgan fingerprint density at radius 1 is 1.36 bits per heavy atom. The molecule has 0 fully saturated rings. The van der Waals surface area contributed by atoms with Crippen LogP contribution in [0.5, 0.6) is 0 Å². The molecular weight excluding hydrogens is 132 g/mol. The Balaban J connectivity index is 2.79. The summed E-state index contributed by atoms with van der Waals surface area (Å²) in [5.41, 5.74) is 3.62. The smallest absolute Gasteiger partial charge is 0.00964 e. The summed E-state index contributed by atoms with van der Waals surface area (Å²) < 4.78 is 0. The molecule has 0 nitrogen and oxygen atoms in total. The van der Waals surface area contributed by atoms with Crippen molar-refractivity contribution in [2.24, 2.45) is 17.3 Å². The Hall–Kier alpha value is -0.480. The number of allylic oxidation sites excluding steroid dienone is 1. The first-order valence-electron chi connectivity index (χ1n) is 4.45. The molecule has 0 spiro atoms. The molecular formula is C11H18. The molecule has 0 heteroatoms. The second kappa shape index (κ2) is 2.87. The first-order valence-corrected chi connectivity index (χ1v) is 4.45. The molecule has 11 heavy (non-hydrogen) atoms. The van der Waals surface area contributed by atoms with E-state index in [0.29, 0.717) is 11.3 Å². The third kappa shape index (κ3) is 2.24. The zero-order valence-corrected chi connectivity index (χ0v) is 8.02. The maximum Gasteiger partial charge on any atom is -0.00964 e. The summed E-state index contributed by atoms with van der Waals surface area (Å²) in [4.78, 5) is 0. The highest BCUT2D eigenvalue weighted by Gasteiger charge is 2.22. The van der Waals surface area contributed by atoms with Crippen LogP contribution in [0.1, 0.15) is 34.1 Å². The molecule has 0 radical (unpaired) electrons. The van der Waals surface area contributed by atoms with Gasteiger partial charge < -0.3 is 0 Å². The van der Waals surface area contributed by atoms with Gasteiger partial charge in [-0.05, 0) is 35.8 Å². The van der Waals surface area contributed by atoms with E-state index < -0.39 is 0 Å². The molecule has 1 rings (SSSR count). The summed E-state index contributed by atoms with van der Waals surface area (Å²) in [6.07, 6.45) is 5.67. The fourth-order valence-corrected chi connectivity index (χ4v) is 1.66. The molecule has 0 N–H and O–H groups in total. The SMILES string of the molecule is CC1C=C=CC(C)(C)CC1C. The van der Waals surface area contributed by atoms with Crippen LogP contribution < -0.4 is 0 Å². The van der Waals surface area contributed by atoms with Crippen LogP contribution in [0, 0.1) is 17.3 Å². The van der Waals surface area contributed by atoms with Gasteiger partial charge in [0.1, 0.15) is 0 Å². The lowest BCUT2D eigenvalue weighted by molar-refractivity contribution is 0.312. The van der Waals surface area contributed by atoms with E-state index >= 15 is 0 Å². The van der Waals surface area contributed by atoms with E-state index in [9.17, 15) is 0 Å². The molecule has 0 heterocycles. The van der Waals surface area contributed by atoms with Crippen molar-refractivity contribution in [1.82, 2.24) is 0 Å². The topological polar surface area (TPSA) is 0 Å². The van der Waals surface area contributed by atoms with Gasteiger partial charge in [-0.1, -0.05) is 27.7 Å². The molecule has 0 aliphatic heterocycles. The second-order valence-electron chi connectivity index (χ2n) is 4.51. The van der Waals surface area contributed by atoms with Gasteiger partial charge in [0.05, 0.1) is 0 Å². The first kappa shape index (κ1) is 8.62. The minimum Gasteiger partial charge on any atom is -0.129 e. The zero-order valence-electron chi connectivity index (χ0n) is 8.02. The van der Waals surface area contributed by atoms with Gasteiger partial charge >= 0.3 is 0 Å². The predicted molar refractivity (Wildman–Crippen MR) is 49.4 cm³/mol. The summed E-state index contributed by atoms with van der Waals surface area (Å²) in [6, 6.07) is 0. The molecule has 2 atom stereocenters. The van der Waals surface area contributed by atoms with Crippen LogP contribution >= 0.6 is 0 Å². The third-order valence-corrected chi connectivity index (χ3v) is 2.58. The van der Waals surface area contributed by atoms with Crippen molar-refractivity contribution in [2.75, 3.05) is 0 Å². The first-order chi connectivity index (χ1) is 5.01. The average molecular weight is 150 g/mol. The lowest BCUT2D eigenvalue weighted by Crippen LogP contribution is -2.14. The van der Waals surface area contributed by atoms with Crippen molar-refractivity contribution in [2.45, 2.75) is 34.1 Å². The van der Waals surface area contributed by atoms with Crippen molar-refractivity contribution in [3.8, 4) is 0 Å². The Morgan fingerprint density at radius 3 is 2.64 bits per heavy atom. The van der Waals surface area contributed by atoms with Gasteiger partial charge in [0, 0.05) is 0 Å². The largest absolute Gasteiger partial charge is 0.129 e. The summed E-state index contributed by atoms with van der Waals surface area (Å²) in [6.45, 7) is 9.15. The van der Waals surface area contributed by atoms with E-state index in [1.807, 2.05) is 0 Å². The molecule has 2 unspecified atom stereocenters. The van der Waals surface area contributed by atoms with Crippen LogP contribution in [-0.2, 0) is 0 Å². The molecule has 0 bridgehead atoms. The molecule has 1 aliphatic rings. The Bertz CT molecular complexity index is 192. The Labute approximate surface area is 70.0 Å². The highest BCUT2D eigenvalue weighted by molar-refractivity contribution is 5.02. The average Bonchev–Trinajstić information content (AvgIpc) is 1.93. The standard InChI is InChI=1S/C11H18/c1-9-6-5-7-11(3,4)8-10(9)2/h6-7,9-10H,8H2,1-4H3. The summed E-state index contributed by atoms with van der Waals surface area (Å²) in [5.74, 6) is 1.48. The van der Waals surface area contributed by atoms with Gasteiger partial charge in [0.15, 0.2) is 0 Å². The van der Waals surface area contributed by atoms with Crippen molar-refractivity contribution in [3.63, 3.8) is 0 Å². The summed E-state index contributed by atoms with van der Waals surface area (Å²) in [7, 11) is 0. The normalized spacial score (nSPS) is 35.3. The minimum atomic E-state index is 0.348. The maximum absolute atomic E-state index is 3.27. The van der Waals surface area contributed by atoms with Gasteiger partial charge in [-0.3, -0.25) is 0 Å². The zero-order chi connectivity index (χ0) is 8.48. The monoisotopic (exact) mass is 150 g/mol. The maximum atomic E-state index is 3.27. The van der Waals surface area contributed by atoms with Crippen LogP contribution in [0.25, 0.3) is 0 Å². The second-order valence-corrected chi connectivity index (χ2v) is 4.51. The van der Waals surface area contributed by atoms with E-state index in [0.717, 1.165) is 5.92 Å². The molecule has 0 saturated heterocycles. The van der Waals surface area contributed by atoms with Crippen LogP contribution in [0.2, 0.25) is 0 Å². The molecule has 0 saturated carbocycles. The van der Waals surface area contributed by atoms with E-state index in [1.165, 1.54) is 6.42 Å². The summed E-state index contributed by atoms with van der Waals surface area (Å²) in [5, 5.41) is 0. The number of hydrogen-bond acceptors (Lipinski definition) is 0. The molecule has 1 aliphatic carbocycles. The number of hydrogen-bond donors (Lipinski definition) is 0. The third-order valence-electron chi connectivity index (χ3n) is 2.58. The lowest BCUT2D eigenvalue weighted by Gasteiger charge is -2.24. The van der Waals surface area contributed by atoms with Gasteiger partial charge in [-0.2, -0.15) is 0 Å². The van der Waals surface area contributed by atoms with E-state index in [-0.39, 0.29) is 0 Å². The van der Waals surface area contributed by atoms with Gasteiger partial charge in [-0.25, -0.2) is 0 Å². The molecule has 0 aromatic carbocycles. The Kier molecular flexibility index (Phi) is 2.25. The van der Waals surface area contributed by atoms with Crippen molar-refractivity contribution in [1.29, 1.82) is 0 Å².